The van der Waals surface area contributed by atoms with Crippen molar-refractivity contribution in [2.45, 2.75) is 59.8 Å². The Kier molecular flexibility index (Phi) is 8.95. The van der Waals surface area contributed by atoms with Crippen molar-refractivity contribution in [3.05, 3.63) is 65.2 Å². The SMILES string of the molecule is COC(=O)[C@H]1CC[C@H](C(=O)N2CCC(c3ccc(C(F)(C(F)(F)F)C(F)(F)F)cc3)(S(=O)(=O)c3cccc(C=O)c3)C2)CC1. The summed E-state index contributed by atoms with van der Waals surface area (Å²) in [5.41, 5.74) is -7.77. The largest absolute Gasteiger partial charge is 0.469 e. The van der Waals surface area contributed by atoms with Crippen LogP contribution < -0.4 is 0 Å². The molecule has 1 saturated heterocycles. The second-order valence-corrected chi connectivity index (χ2v) is 13.3. The van der Waals surface area contributed by atoms with Crippen molar-refractivity contribution >= 4 is 28.0 Å². The maximum atomic E-state index is 14.7. The van der Waals surface area contributed by atoms with Crippen LogP contribution in [0.25, 0.3) is 0 Å². The third-order valence-corrected chi connectivity index (χ3v) is 11.0. The van der Waals surface area contributed by atoms with E-state index in [0.29, 0.717) is 44.1 Å². The molecule has 240 valence electrons. The van der Waals surface area contributed by atoms with Gasteiger partial charge in [-0.05, 0) is 49.8 Å². The number of aldehydes is 1. The van der Waals surface area contributed by atoms with Crippen LogP contribution in [0.5, 0.6) is 0 Å². The Balaban J connectivity index is 1.75. The molecule has 1 unspecified atom stereocenters. The van der Waals surface area contributed by atoms with E-state index in [-0.39, 0.29) is 47.0 Å². The van der Waals surface area contributed by atoms with Crippen LogP contribution in [-0.2, 0) is 34.6 Å². The third kappa shape index (κ3) is 5.58. The molecule has 1 aliphatic carbocycles. The van der Waals surface area contributed by atoms with Gasteiger partial charge >= 0.3 is 24.0 Å². The van der Waals surface area contributed by atoms with E-state index >= 15 is 0 Å². The summed E-state index contributed by atoms with van der Waals surface area (Å²) < 4.78 is 126. The van der Waals surface area contributed by atoms with Gasteiger partial charge in [-0.2, -0.15) is 26.3 Å². The van der Waals surface area contributed by atoms with E-state index in [1.54, 1.807) is 0 Å². The van der Waals surface area contributed by atoms with Gasteiger partial charge in [0.25, 0.3) is 0 Å². The molecule has 0 radical (unpaired) electrons. The van der Waals surface area contributed by atoms with Crippen LogP contribution in [0.15, 0.2) is 53.4 Å². The normalized spacial score (nSPS) is 23.3. The molecule has 0 bridgehead atoms. The van der Waals surface area contributed by atoms with Gasteiger partial charge in [-0.15, -0.1) is 0 Å². The highest BCUT2D eigenvalue weighted by atomic mass is 32.2. The average molecular weight is 652 g/mol. The molecule has 1 amide bonds. The molecular weight excluding hydrogens is 623 g/mol. The molecule has 2 aromatic rings. The number of alkyl halides is 7. The lowest BCUT2D eigenvalue weighted by atomic mass is 9.81. The maximum absolute atomic E-state index is 14.7. The van der Waals surface area contributed by atoms with Gasteiger partial charge in [0.15, 0.2) is 9.84 Å². The summed E-state index contributed by atoms with van der Waals surface area (Å²) in [7, 11) is -3.31. The van der Waals surface area contributed by atoms with E-state index in [9.17, 15) is 53.5 Å². The zero-order valence-corrected chi connectivity index (χ0v) is 24.1. The fourth-order valence-electron chi connectivity index (χ4n) is 6.05. The number of hydrogen-bond acceptors (Lipinski definition) is 6. The highest BCUT2D eigenvalue weighted by molar-refractivity contribution is 7.92. The highest BCUT2D eigenvalue weighted by Crippen LogP contribution is 2.54. The molecule has 44 heavy (non-hydrogen) atoms. The predicted octanol–water partition coefficient (Wildman–Crippen LogP) is 5.67. The monoisotopic (exact) mass is 651 g/mol. The van der Waals surface area contributed by atoms with Crippen molar-refractivity contribution in [2.24, 2.45) is 11.8 Å². The summed E-state index contributed by atoms with van der Waals surface area (Å²) in [6, 6.07) is 6.73. The standard InChI is InChI=1S/C29H28F7NO6S/c1-43-25(40)20-7-5-19(6-8-20)24(39)37-14-13-26(17-37,44(41,42)23-4-2-3-18(15-23)16-38)21-9-11-22(12-10-21)27(30,28(31,32)33)29(34,35)36/h2-4,9-12,15-16,19-20H,5-8,13-14,17H2,1H3/t19-,20-,26?. The van der Waals surface area contributed by atoms with Crippen LogP contribution in [0.3, 0.4) is 0 Å². The molecule has 1 aliphatic heterocycles. The lowest BCUT2D eigenvalue weighted by Crippen LogP contribution is -2.50. The molecular formula is C29H28F7NO6S. The number of likely N-dealkylation sites (tertiary alicyclic amines) is 1. The Labute approximate surface area is 248 Å². The number of methoxy groups -OCH3 is 1. The van der Waals surface area contributed by atoms with Gasteiger partial charge in [0.2, 0.25) is 5.91 Å². The minimum absolute atomic E-state index is 0.0116. The summed E-state index contributed by atoms with van der Waals surface area (Å²) in [6.07, 6.45) is -11.3. The van der Waals surface area contributed by atoms with Gasteiger partial charge in [-0.1, -0.05) is 36.4 Å². The smallest absolute Gasteiger partial charge is 0.435 e. The van der Waals surface area contributed by atoms with Crippen LogP contribution in [0.4, 0.5) is 30.7 Å². The van der Waals surface area contributed by atoms with Crippen LogP contribution in [0, 0.1) is 11.8 Å². The number of ether oxygens (including phenoxy) is 1. The molecule has 0 N–H and O–H groups in total. The summed E-state index contributed by atoms with van der Waals surface area (Å²) in [5, 5.41) is 0. The Bertz CT molecular complexity index is 1500. The molecule has 4 rings (SSSR count). The minimum Gasteiger partial charge on any atom is -0.469 e. The fourth-order valence-corrected chi connectivity index (χ4v) is 8.19. The zero-order chi connectivity index (χ0) is 32.7. The molecule has 2 aromatic carbocycles. The molecule has 0 spiro atoms. The lowest BCUT2D eigenvalue weighted by Gasteiger charge is -2.33. The summed E-state index contributed by atoms with van der Waals surface area (Å²) in [6.45, 7) is -0.628. The lowest BCUT2D eigenvalue weighted by molar-refractivity contribution is -0.348. The number of carbonyl (C=O) groups is 3. The van der Waals surface area contributed by atoms with Gasteiger partial charge in [0, 0.05) is 30.1 Å². The number of nitrogens with zero attached hydrogens (tertiary/aromatic N) is 1. The molecule has 7 nitrogen and oxygen atoms in total. The van der Waals surface area contributed by atoms with Gasteiger partial charge in [-0.25, -0.2) is 12.8 Å². The van der Waals surface area contributed by atoms with E-state index in [1.165, 1.54) is 30.2 Å². The van der Waals surface area contributed by atoms with Gasteiger partial charge in [-0.3, -0.25) is 14.4 Å². The first-order valence-electron chi connectivity index (χ1n) is 13.5. The van der Waals surface area contributed by atoms with Crippen molar-refractivity contribution < 1.29 is 58.3 Å². The molecule has 1 atom stereocenters. The molecule has 0 aromatic heterocycles. The van der Waals surface area contributed by atoms with Gasteiger partial charge in [0.05, 0.1) is 17.9 Å². The molecule has 1 heterocycles. The number of carbonyl (C=O) groups excluding carboxylic acids is 3. The van der Waals surface area contributed by atoms with E-state index in [4.69, 9.17) is 4.74 Å². The van der Waals surface area contributed by atoms with Crippen LogP contribution in [-0.4, -0.2) is 64.0 Å². The van der Waals surface area contributed by atoms with Crippen LogP contribution in [0.1, 0.15) is 53.6 Å². The zero-order valence-electron chi connectivity index (χ0n) is 23.3. The fraction of sp³-hybridized carbons (Fsp3) is 0.483. The van der Waals surface area contributed by atoms with Crippen LogP contribution >= 0.6 is 0 Å². The Morgan fingerprint density at radius 3 is 2.00 bits per heavy atom. The van der Waals surface area contributed by atoms with Crippen molar-refractivity contribution in [1.29, 1.82) is 0 Å². The number of hydrogen-bond donors (Lipinski definition) is 0. The molecule has 1 saturated carbocycles. The third-order valence-electron chi connectivity index (χ3n) is 8.56. The maximum Gasteiger partial charge on any atom is 0.435 e. The number of rotatable bonds is 7. The number of sulfone groups is 1. The van der Waals surface area contributed by atoms with Crippen LogP contribution in [0.2, 0.25) is 0 Å². The van der Waals surface area contributed by atoms with Crippen molar-refractivity contribution in [3.8, 4) is 0 Å². The second-order valence-electron chi connectivity index (χ2n) is 11.0. The Morgan fingerprint density at radius 1 is 0.909 bits per heavy atom. The Morgan fingerprint density at radius 2 is 1.48 bits per heavy atom. The van der Waals surface area contributed by atoms with Crippen molar-refractivity contribution in [3.63, 3.8) is 0 Å². The van der Waals surface area contributed by atoms with E-state index < -0.39 is 62.5 Å². The van der Waals surface area contributed by atoms with Crippen molar-refractivity contribution in [2.75, 3.05) is 20.2 Å². The first-order chi connectivity index (χ1) is 20.4. The summed E-state index contributed by atoms with van der Waals surface area (Å²) in [4.78, 5) is 37.6. The molecule has 15 heteroatoms. The number of benzene rings is 2. The topological polar surface area (TPSA) is 97.8 Å². The van der Waals surface area contributed by atoms with Gasteiger partial charge < -0.3 is 9.64 Å². The van der Waals surface area contributed by atoms with Crippen molar-refractivity contribution in [1.82, 2.24) is 4.90 Å². The average Bonchev–Trinajstić information content (AvgIpc) is 3.46. The summed E-state index contributed by atoms with van der Waals surface area (Å²) in [5.74, 6) is -1.76. The molecule has 2 aliphatic rings. The Hall–Kier alpha value is -3.49. The summed E-state index contributed by atoms with van der Waals surface area (Å²) >= 11 is 0. The number of esters is 1. The van der Waals surface area contributed by atoms with E-state index in [2.05, 4.69) is 0 Å². The van der Waals surface area contributed by atoms with E-state index in [0.717, 1.165) is 6.07 Å². The quantitative estimate of drug-likeness (QED) is 0.218. The number of amides is 1. The first kappa shape index (κ1) is 33.4. The highest BCUT2D eigenvalue weighted by Gasteiger charge is 2.73. The minimum atomic E-state index is -6.37. The second kappa shape index (κ2) is 11.8. The first-order valence-corrected chi connectivity index (χ1v) is 15.0. The van der Waals surface area contributed by atoms with Gasteiger partial charge in [0.1, 0.15) is 11.0 Å². The predicted molar refractivity (Wildman–Crippen MR) is 141 cm³/mol. The molecule has 2 fully saturated rings. The van der Waals surface area contributed by atoms with E-state index in [1.807, 2.05) is 0 Å². The number of halogens is 7.